The third-order valence-corrected chi connectivity index (χ3v) is 12.9. The number of carbonyl (C=O) groups excluding carboxylic acids is 1. The normalized spacial score (nSPS) is 21.9. The number of hydrogen-bond donors (Lipinski definition) is 6. The van der Waals surface area contributed by atoms with Crippen LogP contribution in [0.5, 0.6) is 0 Å². The Hall–Kier alpha value is -1.96. The molecule has 0 aromatic rings. The lowest BCUT2D eigenvalue weighted by Crippen LogP contribution is -2.64. The molecule has 0 aromatic heterocycles. The van der Waals surface area contributed by atoms with Crippen LogP contribution in [0.25, 0.3) is 0 Å². The Labute approximate surface area is 400 Å². The molecule has 0 bridgehead atoms. The van der Waals surface area contributed by atoms with Crippen LogP contribution in [0.15, 0.2) is 60.8 Å². The second kappa shape index (κ2) is 43.1. The zero-order chi connectivity index (χ0) is 48.4. The van der Waals surface area contributed by atoms with Gasteiger partial charge in [-0.25, -0.2) is 4.57 Å². The molecular formula is C53H95O12P. The van der Waals surface area contributed by atoms with Crippen molar-refractivity contribution in [2.75, 3.05) is 19.8 Å². The molecule has 1 fully saturated rings. The highest BCUT2D eigenvalue weighted by molar-refractivity contribution is 7.47. The Morgan fingerprint density at radius 2 is 0.894 bits per heavy atom. The van der Waals surface area contributed by atoms with Gasteiger partial charge in [0.2, 0.25) is 0 Å². The Balaban J connectivity index is 2.36. The van der Waals surface area contributed by atoms with Crippen LogP contribution < -0.4 is 0 Å². The number of allylic oxidation sites excluding steroid dienone is 10. The molecule has 13 heteroatoms. The van der Waals surface area contributed by atoms with Gasteiger partial charge in [0.25, 0.3) is 0 Å². The summed E-state index contributed by atoms with van der Waals surface area (Å²) in [6, 6.07) is 0. The van der Waals surface area contributed by atoms with E-state index < -0.39 is 63.1 Å². The maximum Gasteiger partial charge on any atom is 0.472 e. The van der Waals surface area contributed by atoms with E-state index in [1.807, 2.05) is 0 Å². The van der Waals surface area contributed by atoms with Crippen molar-refractivity contribution in [3.8, 4) is 0 Å². The first-order valence-corrected chi connectivity index (χ1v) is 27.6. The number of esters is 1. The average Bonchev–Trinajstić information content (AvgIpc) is 3.30. The molecule has 6 atom stereocenters. The molecule has 0 aliphatic heterocycles. The van der Waals surface area contributed by atoms with E-state index in [4.69, 9.17) is 18.5 Å². The largest absolute Gasteiger partial charge is 0.472 e. The fraction of sp³-hybridized carbons (Fsp3) is 0.792. The monoisotopic (exact) mass is 955 g/mol. The first-order valence-electron chi connectivity index (χ1n) is 26.1. The molecule has 1 aliphatic carbocycles. The molecule has 1 rings (SSSR count). The zero-order valence-corrected chi connectivity index (χ0v) is 42.1. The van der Waals surface area contributed by atoms with E-state index >= 15 is 0 Å². The summed E-state index contributed by atoms with van der Waals surface area (Å²) in [5.74, 6) is -0.507. The first kappa shape index (κ1) is 62.1. The van der Waals surface area contributed by atoms with Crippen molar-refractivity contribution in [3.05, 3.63) is 60.8 Å². The van der Waals surface area contributed by atoms with Gasteiger partial charge in [-0.15, -0.1) is 0 Å². The molecule has 6 N–H and O–H groups in total. The van der Waals surface area contributed by atoms with E-state index in [2.05, 4.69) is 74.6 Å². The molecule has 1 aliphatic rings. The van der Waals surface area contributed by atoms with Gasteiger partial charge in [-0.1, -0.05) is 203 Å². The fourth-order valence-corrected chi connectivity index (χ4v) is 8.77. The van der Waals surface area contributed by atoms with Gasteiger partial charge < -0.3 is 39.9 Å². The van der Waals surface area contributed by atoms with Crippen LogP contribution in [0.1, 0.15) is 206 Å². The standard InChI is InChI=1S/C53H95O12P/c1-3-5-7-9-11-13-15-17-19-21-23-25-27-29-31-33-35-37-39-41-43-62-44-46(45-63-66(60,61)65-53-51(58)49(56)48(55)50(57)52(53)59)64-47(54)42-40-38-36-34-32-30-28-26-24-22-20-18-16-14-12-10-8-6-4-2/h6,8,12,14,18,20,24,26,30,32,46,48-53,55-59H,3-5,7,9-11,13,15-17,19,21-23,25,27-29,31,33-45H2,1-2H3,(H,60,61)/b8-6-,14-12-,20-18-,26-24-,32-30-. The van der Waals surface area contributed by atoms with Gasteiger partial charge in [0, 0.05) is 13.0 Å². The number of aliphatic hydroxyl groups is 5. The number of carbonyl (C=O) groups is 1. The fourth-order valence-electron chi connectivity index (χ4n) is 7.80. The van der Waals surface area contributed by atoms with Gasteiger partial charge in [0.1, 0.15) is 42.7 Å². The van der Waals surface area contributed by atoms with Gasteiger partial charge in [-0.2, -0.15) is 0 Å². The highest BCUT2D eigenvalue weighted by Gasteiger charge is 2.51. The molecule has 1 saturated carbocycles. The summed E-state index contributed by atoms with van der Waals surface area (Å²) in [6.45, 7) is 4.14. The number of aliphatic hydroxyl groups excluding tert-OH is 5. The van der Waals surface area contributed by atoms with Crippen LogP contribution in [-0.4, -0.2) is 98.9 Å². The molecule has 12 nitrogen and oxygen atoms in total. The van der Waals surface area contributed by atoms with E-state index in [9.17, 15) is 39.8 Å². The molecule has 0 aromatic carbocycles. The highest BCUT2D eigenvalue weighted by atomic mass is 31.2. The average molecular weight is 955 g/mol. The van der Waals surface area contributed by atoms with Crippen molar-refractivity contribution in [3.63, 3.8) is 0 Å². The van der Waals surface area contributed by atoms with Crippen molar-refractivity contribution in [1.29, 1.82) is 0 Å². The predicted molar refractivity (Wildman–Crippen MR) is 267 cm³/mol. The molecule has 0 saturated heterocycles. The lowest BCUT2D eigenvalue weighted by molar-refractivity contribution is -0.220. The summed E-state index contributed by atoms with van der Waals surface area (Å²) >= 11 is 0. The van der Waals surface area contributed by atoms with Crippen LogP contribution >= 0.6 is 7.82 Å². The number of rotatable bonds is 44. The number of ether oxygens (including phenoxy) is 2. The van der Waals surface area contributed by atoms with Crippen LogP contribution in [0.4, 0.5) is 0 Å². The summed E-state index contributed by atoms with van der Waals surface area (Å²) in [5, 5.41) is 50.3. The second-order valence-electron chi connectivity index (χ2n) is 18.0. The van der Waals surface area contributed by atoms with E-state index in [0.717, 1.165) is 70.6 Å². The quantitative estimate of drug-likeness (QED) is 0.0147. The predicted octanol–water partition coefficient (Wildman–Crippen LogP) is 11.8. The van der Waals surface area contributed by atoms with Crippen molar-refractivity contribution >= 4 is 13.8 Å². The maximum atomic E-state index is 12.9. The van der Waals surface area contributed by atoms with Crippen molar-refractivity contribution < 1.29 is 58.3 Å². The summed E-state index contributed by atoms with van der Waals surface area (Å²) in [7, 11) is -5.03. The summed E-state index contributed by atoms with van der Waals surface area (Å²) < 4.78 is 34.3. The van der Waals surface area contributed by atoms with Crippen LogP contribution in [0.3, 0.4) is 0 Å². The Morgan fingerprint density at radius 3 is 1.35 bits per heavy atom. The first-order chi connectivity index (χ1) is 32.0. The van der Waals surface area contributed by atoms with Crippen LogP contribution in [0, 0.1) is 0 Å². The molecule has 6 unspecified atom stereocenters. The van der Waals surface area contributed by atoms with Crippen molar-refractivity contribution in [2.24, 2.45) is 0 Å². The maximum absolute atomic E-state index is 12.9. The molecule has 0 amide bonds. The third-order valence-electron chi connectivity index (χ3n) is 11.9. The summed E-state index contributed by atoms with van der Waals surface area (Å²) in [4.78, 5) is 23.2. The summed E-state index contributed by atoms with van der Waals surface area (Å²) in [5.41, 5.74) is 0. The topological polar surface area (TPSA) is 192 Å². The molecule has 0 heterocycles. The zero-order valence-electron chi connectivity index (χ0n) is 41.2. The number of phosphoric ester groups is 1. The molecule has 0 radical (unpaired) electrons. The van der Waals surface area contributed by atoms with Gasteiger partial charge in [0.05, 0.1) is 13.2 Å². The van der Waals surface area contributed by atoms with Gasteiger partial charge in [-0.3, -0.25) is 13.8 Å². The minimum atomic E-state index is -5.03. The lowest BCUT2D eigenvalue weighted by atomic mass is 9.85. The SMILES string of the molecule is CC/C=C\C/C=C\C/C=C\C/C=C\C/C=C\CCCCCC(=O)OC(COCCCCCCCCCCCCCCCCCCCCCC)COP(=O)(O)OC1C(O)C(O)C(O)C(O)C1O. The van der Waals surface area contributed by atoms with Gasteiger partial charge in [-0.05, 0) is 57.8 Å². The minimum absolute atomic E-state index is 0.0900. The van der Waals surface area contributed by atoms with E-state index in [1.54, 1.807) is 0 Å². The smallest absolute Gasteiger partial charge is 0.457 e. The van der Waals surface area contributed by atoms with Crippen LogP contribution in [-0.2, 0) is 27.9 Å². The lowest BCUT2D eigenvalue weighted by Gasteiger charge is -2.41. The van der Waals surface area contributed by atoms with Crippen LogP contribution in [0.2, 0.25) is 0 Å². The number of phosphoric acid groups is 1. The number of hydrogen-bond acceptors (Lipinski definition) is 11. The van der Waals surface area contributed by atoms with Crippen molar-refractivity contribution in [1.82, 2.24) is 0 Å². The molecule has 0 spiro atoms. The van der Waals surface area contributed by atoms with Crippen molar-refractivity contribution in [2.45, 2.75) is 249 Å². The van der Waals surface area contributed by atoms with E-state index in [0.29, 0.717) is 13.0 Å². The van der Waals surface area contributed by atoms with Gasteiger partial charge >= 0.3 is 13.8 Å². The van der Waals surface area contributed by atoms with Gasteiger partial charge in [0.15, 0.2) is 0 Å². The Bertz CT molecular complexity index is 1320. The Morgan fingerprint density at radius 1 is 0.500 bits per heavy atom. The second-order valence-corrected chi connectivity index (χ2v) is 19.4. The molecule has 384 valence electrons. The Kier molecular flexibility index (Phi) is 40.5. The minimum Gasteiger partial charge on any atom is -0.457 e. The van der Waals surface area contributed by atoms with E-state index in [1.165, 1.54) is 109 Å². The number of unbranched alkanes of at least 4 members (excludes halogenated alkanes) is 22. The molecule has 66 heavy (non-hydrogen) atoms. The summed E-state index contributed by atoms with van der Waals surface area (Å²) in [6.07, 6.45) is 42.9. The highest BCUT2D eigenvalue weighted by Crippen LogP contribution is 2.47. The molecular weight excluding hydrogens is 860 g/mol. The van der Waals surface area contributed by atoms with E-state index in [-0.39, 0.29) is 13.0 Å². The third kappa shape index (κ3) is 34.3.